The number of rotatable bonds is 6. The van der Waals surface area contributed by atoms with Crippen LogP contribution < -0.4 is 15.4 Å². The van der Waals surface area contributed by atoms with Gasteiger partial charge in [0.15, 0.2) is 5.96 Å². The number of fused-ring (bicyclic) bond motifs is 1. The van der Waals surface area contributed by atoms with Crippen molar-refractivity contribution in [2.24, 2.45) is 10.9 Å². The minimum atomic E-state index is 0.234. The third-order valence-corrected chi connectivity index (χ3v) is 6.26. The Morgan fingerprint density at radius 1 is 1.19 bits per heavy atom. The van der Waals surface area contributed by atoms with Crippen molar-refractivity contribution in [3.63, 3.8) is 0 Å². The molecule has 0 saturated carbocycles. The van der Waals surface area contributed by atoms with E-state index in [4.69, 9.17) is 14.1 Å². The first kappa shape index (κ1) is 21.7. The molecule has 7 nitrogen and oxygen atoms in total. The lowest BCUT2D eigenvalue weighted by atomic mass is 9.97. The molecule has 2 aliphatic rings. The maximum atomic E-state index is 5.79. The van der Waals surface area contributed by atoms with Crippen LogP contribution in [0.4, 0.5) is 0 Å². The molecule has 1 fully saturated rings. The second-order valence-corrected chi connectivity index (χ2v) is 8.56. The molecule has 168 valence electrons. The van der Waals surface area contributed by atoms with Crippen molar-refractivity contribution in [3.05, 3.63) is 47.2 Å². The molecule has 0 aliphatic carbocycles. The number of hydrogen-bond acceptors (Lipinski definition) is 5. The number of aliphatic imine (C=N–C) groups is 1. The SMILES string of the molecule is CCNC(=NCC1CCN(Cc2nc(C)c(C)o2)CC1)NC1CCOc2ccccc21. The summed E-state index contributed by atoms with van der Waals surface area (Å²) in [4.78, 5) is 11.9. The van der Waals surface area contributed by atoms with E-state index < -0.39 is 0 Å². The number of nitrogens with zero attached hydrogens (tertiary/aromatic N) is 3. The monoisotopic (exact) mass is 425 g/mol. The molecule has 1 aromatic carbocycles. The lowest BCUT2D eigenvalue weighted by Crippen LogP contribution is -2.41. The number of nitrogens with one attached hydrogen (secondary N) is 2. The zero-order valence-corrected chi connectivity index (χ0v) is 19.0. The number of aromatic nitrogens is 1. The zero-order valence-electron chi connectivity index (χ0n) is 19.0. The third kappa shape index (κ3) is 5.58. The molecule has 0 bridgehead atoms. The molecule has 1 unspecified atom stereocenters. The smallest absolute Gasteiger partial charge is 0.208 e. The average Bonchev–Trinajstić information content (AvgIpc) is 3.10. The van der Waals surface area contributed by atoms with Crippen molar-refractivity contribution in [1.82, 2.24) is 20.5 Å². The largest absolute Gasteiger partial charge is 0.493 e. The maximum absolute atomic E-state index is 5.79. The minimum absolute atomic E-state index is 0.234. The Balaban J connectivity index is 1.29. The molecule has 4 rings (SSSR count). The fourth-order valence-electron chi connectivity index (χ4n) is 4.32. The molecule has 1 aromatic heterocycles. The van der Waals surface area contributed by atoms with E-state index in [0.29, 0.717) is 5.92 Å². The van der Waals surface area contributed by atoms with Crippen LogP contribution in [0.2, 0.25) is 0 Å². The third-order valence-electron chi connectivity index (χ3n) is 6.26. The van der Waals surface area contributed by atoms with Gasteiger partial charge in [-0.1, -0.05) is 18.2 Å². The lowest BCUT2D eigenvalue weighted by molar-refractivity contribution is 0.166. The van der Waals surface area contributed by atoms with Gasteiger partial charge in [-0.2, -0.15) is 0 Å². The van der Waals surface area contributed by atoms with Crippen LogP contribution in [-0.2, 0) is 6.54 Å². The van der Waals surface area contributed by atoms with Crippen molar-refractivity contribution in [1.29, 1.82) is 0 Å². The van der Waals surface area contributed by atoms with Gasteiger partial charge in [-0.25, -0.2) is 4.98 Å². The van der Waals surface area contributed by atoms with Gasteiger partial charge in [0.25, 0.3) is 0 Å². The van der Waals surface area contributed by atoms with Gasteiger partial charge < -0.3 is 19.8 Å². The topological polar surface area (TPSA) is 74.9 Å². The fraction of sp³-hybridized carbons (Fsp3) is 0.583. The number of para-hydroxylation sites is 1. The number of aryl methyl sites for hydroxylation is 2. The summed E-state index contributed by atoms with van der Waals surface area (Å²) in [6.45, 7) is 11.5. The zero-order chi connectivity index (χ0) is 21.6. The number of ether oxygens (including phenoxy) is 1. The highest BCUT2D eigenvalue weighted by atomic mass is 16.5. The summed E-state index contributed by atoms with van der Waals surface area (Å²) in [5.41, 5.74) is 2.21. The number of benzene rings is 1. The summed E-state index contributed by atoms with van der Waals surface area (Å²) in [7, 11) is 0. The molecule has 1 saturated heterocycles. The van der Waals surface area contributed by atoms with Gasteiger partial charge >= 0.3 is 0 Å². The van der Waals surface area contributed by atoms with Crippen LogP contribution in [-0.4, -0.2) is 48.6 Å². The van der Waals surface area contributed by atoms with Crippen molar-refractivity contribution in [3.8, 4) is 5.75 Å². The van der Waals surface area contributed by atoms with Crippen molar-refractivity contribution >= 4 is 5.96 Å². The van der Waals surface area contributed by atoms with Crippen molar-refractivity contribution in [2.75, 3.05) is 32.8 Å². The first-order valence-corrected chi connectivity index (χ1v) is 11.5. The fourth-order valence-corrected chi connectivity index (χ4v) is 4.32. The summed E-state index contributed by atoms with van der Waals surface area (Å²) in [5, 5.41) is 7.05. The predicted octanol–water partition coefficient (Wildman–Crippen LogP) is 3.58. The molecule has 0 radical (unpaired) electrons. The molecule has 1 atom stereocenters. The van der Waals surface area contributed by atoms with Crippen molar-refractivity contribution in [2.45, 2.75) is 52.6 Å². The molecule has 7 heteroatoms. The Labute approximate surface area is 185 Å². The van der Waals surface area contributed by atoms with Gasteiger partial charge in [-0.15, -0.1) is 0 Å². The molecule has 2 aliphatic heterocycles. The Hall–Kier alpha value is -2.54. The van der Waals surface area contributed by atoms with E-state index in [9.17, 15) is 0 Å². The molecule has 2 N–H and O–H groups in total. The molecular formula is C24H35N5O2. The molecule has 31 heavy (non-hydrogen) atoms. The number of piperidine rings is 1. The highest BCUT2D eigenvalue weighted by Gasteiger charge is 2.23. The van der Waals surface area contributed by atoms with E-state index in [2.05, 4.69) is 39.6 Å². The molecule has 0 amide bonds. The molecule has 3 heterocycles. The summed E-state index contributed by atoms with van der Waals surface area (Å²) in [6, 6.07) is 8.51. The summed E-state index contributed by atoms with van der Waals surface area (Å²) in [5.74, 6) is 4.25. The molecule has 0 spiro atoms. The van der Waals surface area contributed by atoms with E-state index in [0.717, 1.165) is 87.6 Å². The van der Waals surface area contributed by atoms with E-state index in [1.807, 2.05) is 26.0 Å². The Bertz CT molecular complexity index is 866. The van der Waals surface area contributed by atoms with Gasteiger partial charge in [-0.3, -0.25) is 9.89 Å². The van der Waals surface area contributed by atoms with Crippen molar-refractivity contribution < 1.29 is 9.15 Å². The van der Waals surface area contributed by atoms with E-state index in [-0.39, 0.29) is 6.04 Å². The summed E-state index contributed by atoms with van der Waals surface area (Å²) >= 11 is 0. The van der Waals surface area contributed by atoms with E-state index in [1.165, 1.54) is 5.56 Å². The number of oxazole rings is 1. The van der Waals surface area contributed by atoms with Crippen LogP contribution in [0.25, 0.3) is 0 Å². The average molecular weight is 426 g/mol. The molecular weight excluding hydrogens is 390 g/mol. The van der Waals surface area contributed by atoms with Gasteiger partial charge in [0.2, 0.25) is 5.89 Å². The Morgan fingerprint density at radius 2 is 2.00 bits per heavy atom. The highest BCUT2D eigenvalue weighted by Crippen LogP contribution is 2.31. The number of likely N-dealkylation sites (tertiary alicyclic amines) is 1. The second kappa shape index (κ2) is 10.2. The normalized spacial score (nSPS) is 20.2. The first-order chi connectivity index (χ1) is 15.1. The lowest BCUT2D eigenvalue weighted by Gasteiger charge is -2.31. The van der Waals surface area contributed by atoms with Crippen LogP contribution in [0.3, 0.4) is 0 Å². The van der Waals surface area contributed by atoms with Gasteiger partial charge in [0, 0.05) is 25.1 Å². The van der Waals surface area contributed by atoms with Crippen LogP contribution in [0.15, 0.2) is 33.7 Å². The highest BCUT2D eigenvalue weighted by molar-refractivity contribution is 5.80. The van der Waals surface area contributed by atoms with Gasteiger partial charge in [0.1, 0.15) is 11.5 Å². The quantitative estimate of drug-likeness (QED) is 0.544. The second-order valence-electron chi connectivity index (χ2n) is 8.56. The number of hydrogen-bond donors (Lipinski definition) is 2. The van der Waals surface area contributed by atoms with Gasteiger partial charge in [0.05, 0.1) is 24.9 Å². The van der Waals surface area contributed by atoms with Crippen LogP contribution in [0, 0.1) is 19.8 Å². The van der Waals surface area contributed by atoms with Gasteiger partial charge in [-0.05, 0) is 58.7 Å². The minimum Gasteiger partial charge on any atom is -0.493 e. The summed E-state index contributed by atoms with van der Waals surface area (Å²) in [6.07, 6.45) is 3.25. The van der Waals surface area contributed by atoms with Crippen LogP contribution >= 0.6 is 0 Å². The number of guanidine groups is 1. The standard InChI is InChI=1S/C24H35N5O2/c1-4-25-24(28-21-11-14-30-22-8-6-5-7-20(21)22)26-15-19-9-12-29(13-10-19)16-23-27-17(2)18(3)31-23/h5-8,19,21H,4,9-16H2,1-3H3,(H2,25,26,28). The molecule has 2 aromatic rings. The Kier molecular flexibility index (Phi) is 7.12. The van der Waals surface area contributed by atoms with E-state index in [1.54, 1.807) is 0 Å². The first-order valence-electron chi connectivity index (χ1n) is 11.5. The predicted molar refractivity (Wildman–Crippen MR) is 122 cm³/mol. The van der Waals surface area contributed by atoms with Crippen LogP contribution in [0.1, 0.15) is 55.1 Å². The summed E-state index contributed by atoms with van der Waals surface area (Å²) < 4.78 is 11.5. The van der Waals surface area contributed by atoms with Crippen LogP contribution in [0.5, 0.6) is 5.75 Å². The van der Waals surface area contributed by atoms with E-state index >= 15 is 0 Å². The maximum Gasteiger partial charge on any atom is 0.208 e. The Morgan fingerprint density at radius 3 is 2.74 bits per heavy atom.